The van der Waals surface area contributed by atoms with Gasteiger partial charge >= 0.3 is 0 Å². The number of hydrogen-bond donors (Lipinski definition) is 1. The Labute approximate surface area is 80.3 Å². The van der Waals surface area contributed by atoms with E-state index in [0.717, 1.165) is 13.0 Å². The molecular weight excluding hydrogens is 164 g/mol. The summed E-state index contributed by atoms with van der Waals surface area (Å²) in [6, 6.07) is 0. The van der Waals surface area contributed by atoms with Gasteiger partial charge in [0, 0.05) is 6.61 Å². The number of rotatable bonds is 1. The first-order chi connectivity index (χ1) is 6.12. The summed E-state index contributed by atoms with van der Waals surface area (Å²) in [5.74, 6) is 0.598. The molecule has 0 aromatic carbocycles. The fourth-order valence-electron chi connectivity index (χ4n) is 3.25. The molecular formula is C11H20O2. The number of aliphatic hydroxyl groups is 1. The lowest BCUT2D eigenvalue weighted by Crippen LogP contribution is -2.54. The lowest BCUT2D eigenvalue weighted by molar-refractivity contribution is -0.156. The standard InChI is InChI=1S/C11H20O2/c1-10(2)6-3-4-9-5-7-13-11(9,10)8-12/h9,12H,3-8H2,1-2H3/t9-,11-/m1/s1. The molecule has 1 heterocycles. The first kappa shape index (κ1) is 9.47. The number of aliphatic hydroxyl groups excluding tert-OH is 1. The van der Waals surface area contributed by atoms with Gasteiger partial charge in [0.05, 0.1) is 12.2 Å². The Kier molecular flexibility index (Phi) is 2.16. The summed E-state index contributed by atoms with van der Waals surface area (Å²) >= 11 is 0. The summed E-state index contributed by atoms with van der Waals surface area (Å²) in [6.07, 6.45) is 4.86. The van der Waals surface area contributed by atoms with Crippen molar-refractivity contribution in [1.29, 1.82) is 0 Å². The minimum atomic E-state index is -0.217. The van der Waals surface area contributed by atoms with Crippen LogP contribution in [0.3, 0.4) is 0 Å². The maximum atomic E-state index is 9.56. The van der Waals surface area contributed by atoms with Gasteiger partial charge < -0.3 is 9.84 Å². The van der Waals surface area contributed by atoms with Gasteiger partial charge in [0.25, 0.3) is 0 Å². The van der Waals surface area contributed by atoms with Gasteiger partial charge in [-0.3, -0.25) is 0 Å². The first-order valence-electron chi connectivity index (χ1n) is 5.37. The summed E-state index contributed by atoms with van der Waals surface area (Å²) in [5, 5.41) is 9.56. The Morgan fingerprint density at radius 1 is 1.38 bits per heavy atom. The third-order valence-corrected chi connectivity index (χ3v) is 4.22. The molecule has 1 aliphatic carbocycles. The zero-order valence-electron chi connectivity index (χ0n) is 8.68. The van der Waals surface area contributed by atoms with E-state index in [1.165, 1.54) is 19.3 Å². The SMILES string of the molecule is CC1(C)CCC[C@@H]2CCO[C@]21CO. The fourth-order valence-corrected chi connectivity index (χ4v) is 3.25. The van der Waals surface area contributed by atoms with Gasteiger partial charge in [-0.05, 0) is 30.6 Å². The Bertz CT molecular complexity index is 200. The van der Waals surface area contributed by atoms with Crippen molar-refractivity contribution in [3.05, 3.63) is 0 Å². The van der Waals surface area contributed by atoms with E-state index in [2.05, 4.69) is 13.8 Å². The molecule has 13 heavy (non-hydrogen) atoms. The summed E-state index contributed by atoms with van der Waals surface area (Å²) < 4.78 is 5.86. The van der Waals surface area contributed by atoms with Crippen molar-refractivity contribution in [3.8, 4) is 0 Å². The Morgan fingerprint density at radius 2 is 2.15 bits per heavy atom. The molecule has 0 aromatic heterocycles. The summed E-state index contributed by atoms with van der Waals surface area (Å²) in [6.45, 7) is 5.51. The van der Waals surface area contributed by atoms with Crippen molar-refractivity contribution in [2.45, 2.75) is 45.1 Å². The average Bonchev–Trinajstić information content (AvgIpc) is 2.49. The predicted molar refractivity (Wildman–Crippen MR) is 51.5 cm³/mol. The van der Waals surface area contributed by atoms with Crippen molar-refractivity contribution in [2.24, 2.45) is 11.3 Å². The van der Waals surface area contributed by atoms with E-state index in [-0.39, 0.29) is 17.6 Å². The molecule has 0 aromatic rings. The molecule has 1 N–H and O–H groups in total. The van der Waals surface area contributed by atoms with E-state index in [0.29, 0.717) is 5.92 Å². The summed E-state index contributed by atoms with van der Waals surface area (Å²) in [5.41, 5.74) is -0.0631. The largest absolute Gasteiger partial charge is 0.393 e. The minimum Gasteiger partial charge on any atom is -0.393 e. The van der Waals surface area contributed by atoms with E-state index < -0.39 is 0 Å². The van der Waals surface area contributed by atoms with Gasteiger partial charge in [-0.15, -0.1) is 0 Å². The highest BCUT2D eigenvalue weighted by molar-refractivity contribution is 5.05. The summed E-state index contributed by atoms with van der Waals surface area (Å²) in [4.78, 5) is 0. The van der Waals surface area contributed by atoms with Crippen molar-refractivity contribution < 1.29 is 9.84 Å². The lowest BCUT2D eigenvalue weighted by Gasteiger charge is -2.49. The Morgan fingerprint density at radius 3 is 2.77 bits per heavy atom. The second-order valence-corrected chi connectivity index (χ2v) is 5.16. The molecule has 2 nitrogen and oxygen atoms in total. The molecule has 0 radical (unpaired) electrons. The zero-order valence-corrected chi connectivity index (χ0v) is 8.68. The van der Waals surface area contributed by atoms with E-state index >= 15 is 0 Å². The van der Waals surface area contributed by atoms with E-state index in [4.69, 9.17) is 4.74 Å². The van der Waals surface area contributed by atoms with E-state index in [1.54, 1.807) is 0 Å². The third-order valence-electron chi connectivity index (χ3n) is 4.22. The van der Waals surface area contributed by atoms with Crippen LogP contribution in [0.4, 0.5) is 0 Å². The lowest BCUT2D eigenvalue weighted by atomic mass is 9.61. The third kappa shape index (κ3) is 1.15. The Balaban J connectivity index is 2.31. The monoisotopic (exact) mass is 184 g/mol. The van der Waals surface area contributed by atoms with E-state index in [9.17, 15) is 5.11 Å². The first-order valence-corrected chi connectivity index (χ1v) is 5.37. The zero-order chi connectivity index (χ0) is 9.53. The highest BCUT2D eigenvalue weighted by Crippen LogP contribution is 2.53. The highest BCUT2D eigenvalue weighted by Gasteiger charge is 2.55. The van der Waals surface area contributed by atoms with Gasteiger partial charge in [-0.2, -0.15) is 0 Å². The van der Waals surface area contributed by atoms with Gasteiger partial charge in [-0.25, -0.2) is 0 Å². The topological polar surface area (TPSA) is 29.5 Å². The van der Waals surface area contributed by atoms with Crippen LogP contribution in [-0.2, 0) is 4.74 Å². The molecule has 2 fully saturated rings. The normalized spacial score (nSPS) is 43.2. The molecule has 1 saturated carbocycles. The molecule has 2 rings (SSSR count). The molecule has 1 aliphatic heterocycles. The van der Waals surface area contributed by atoms with Crippen LogP contribution in [0.15, 0.2) is 0 Å². The van der Waals surface area contributed by atoms with Gasteiger partial charge in [0.1, 0.15) is 0 Å². The van der Waals surface area contributed by atoms with Crippen LogP contribution in [0, 0.1) is 11.3 Å². The van der Waals surface area contributed by atoms with Crippen LogP contribution in [0.25, 0.3) is 0 Å². The van der Waals surface area contributed by atoms with Gasteiger partial charge in [-0.1, -0.05) is 20.3 Å². The molecule has 1 saturated heterocycles. The van der Waals surface area contributed by atoms with Crippen molar-refractivity contribution in [3.63, 3.8) is 0 Å². The fraction of sp³-hybridized carbons (Fsp3) is 1.00. The van der Waals surface area contributed by atoms with Crippen LogP contribution in [0.5, 0.6) is 0 Å². The second-order valence-electron chi connectivity index (χ2n) is 5.16. The summed E-state index contributed by atoms with van der Waals surface area (Å²) in [7, 11) is 0. The van der Waals surface area contributed by atoms with Crippen molar-refractivity contribution in [1.82, 2.24) is 0 Å². The molecule has 0 unspecified atom stereocenters. The highest BCUT2D eigenvalue weighted by atomic mass is 16.5. The molecule has 2 atom stereocenters. The second kappa shape index (κ2) is 2.96. The molecule has 2 aliphatic rings. The number of ether oxygens (including phenoxy) is 1. The van der Waals surface area contributed by atoms with Crippen LogP contribution in [-0.4, -0.2) is 23.9 Å². The molecule has 0 amide bonds. The van der Waals surface area contributed by atoms with E-state index in [1.807, 2.05) is 0 Å². The predicted octanol–water partition coefficient (Wildman–Crippen LogP) is 1.96. The maximum Gasteiger partial charge on any atom is 0.0991 e. The molecule has 0 bridgehead atoms. The van der Waals surface area contributed by atoms with Crippen molar-refractivity contribution in [2.75, 3.05) is 13.2 Å². The van der Waals surface area contributed by atoms with Gasteiger partial charge in [0.15, 0.2) is 0 Å². The Hall–Kier alpha value is -0.0800. The van der Waals surface area contributed by atoms with Crippen LogP contribution >= 0.6 is 0 Å². The molecule has 0 spiro atoms. The van der Waals surface area contributed by atoms with Crippen LogP contribution in [0.2, 0.25) is 0 Å². The van der Waals surface area contributed by atoms with Crippen molar-refractivity contribution >= 4 is 0 Å². The van der Waals surface area contributed by atoms with Gasteiger partial charge in [0.2, 0.25) is 0 Å². The maximum absolute atomic E-state index is 9.56. The number of fused-ring (bicyclic) bond motifs is 1. The van der Waals surface area contributed by atoms with Crippen LogP contribution < -0.4 is 0 Å². The smallest absolute Gasteiger partial charge is 0.0991 e. The minimum absolute atomic E-state index is 0.154. The molecule has 76 valence electrons. The molecule has 2 heteroatoms. The van der Waals surface area contributed by atoms with Crippen LogP contribution in [0.1, 0.15) is 39.5 Å². The quantitative estimate of drug-likeness (QED) is 0.675. The average molecular weight is 184 g/mol. The number of hydrogen-bond acceptors (Lipinski definition) is 2.